The number of amides is 2. The van der Waals surface area contributed by atoms with E-state index in [1.165, 1.54) is 4.90 Å². The normalized spacial score (nSPS) is 20.9. The highest BCUT2D eigenvalue weighted by Gasteiger charge is 2.27. The zero-order chi connectivity index (χ0) is 11.1. The number of fused-ring (bicyclic) bond motifs is 3. The van der Waals surface area contributed by atoms with Crippen molar-refractivity contribution in [3.8, 4) is 0 Å². The summed E-state index contributed by atoms with van der Waals surface area (Å²) < 4.78 is 0. The molecule has 0 radical (unpaired) electrons. The van der Waals surface area contributed by atoms with Crippen molar-refractivity contribution < 1.29 is 4.79 Å². The number of rotatable bonds is 0. The summed E-state index contributed by atoms with van der Waals surface area (Å²) in [5.74, 6) is 0. The molecule has 0 aliphatic carbocycles. The number of carbonyl (C=O) groups excluding carboxylic acids is 1. The second-order valence-corrected chi connectivity index (χ2v) is 3.84. The number of nitrogens with two attached hydrogens (primary N) is 1. The Morgan fingerprint density at radius 2 is 2.19 bits per heavy atom. The van der Waals surface area contributed by atoms with Crippen molar-refractivity contribution in [2.24, 2.45) is 5.73 Å². The number of nitrogens with one attached hydrogen (secondary N) is 1. The zero-order valence-corrected chi connectivity index (χ0v) is 8.55. The molecule has 0 spiro atoms. The number of anilines is 1. The number of carbonyl (C=O) groups is 1. The van der Waals surface area contributed by atoms with Gasteiger partial charge in [0.1, 0.15) is 0 Å². The Balaban J connectivity index is 2.07. The Kier molecular flexibility index (Phi) is 1.77. The Hall–Kier alpha value is -2.23. The lowest BCUT2D eigenvalue weighted by Crippen LogP contribution is -2.30. The van der Waals surface area contributed by atoms with Gasteiger partial charge in [0, 0.05) is 29.2 Å². The third-order valence-corrected chi connectivity index (χ3v) is 2.86. The lowest BCUT2D eigenvalue weighted by atomic mass is 10.0. The number of hydrogen-bond acceptors (Lipinski definition) is 2. The van der Waals surface area contributed by atoms with Crippen molar-refractivity contribution in [1.82, 2.24) is 4.90 Å². The fraction of sp³-hybridized carbons (Fsp3) is 0.0833. The van der Waals surface area contributed by atoms with Crippen LogP contribution in [0, 0.1) is 0 Å². The molecular weight excluding hydrogens is 202 g/mol. The van der Waals surface area contributed by atoms with Crippen molar-refractivity contribution in [3.63, 3.8) is 0 Å². The van der Waals surface area contributed by atoms with Crippen molar-refractivity contribution in [1.29, 1.82) is 0 Å². The van der Waals surface area contributed by atoms with E-state index in [9.17, 15) is 4.79 Å². The molecule has 2 heterocycles. The van der Waals surface area contributed by atoms with Crippen LogP contribution in [0.4, 0.5) is 10.5 Å². The van der Waals surface area contributed by atoms with Crippen molar-refractivity contribution in [3.05, 3.63) is 48.3 Å². The first-order valence-electron chi connectivity index (χ1n) is 5.09. The van der Waals surface area contributed by atoms with Crippen molar-refractivity contribution in [2.75, 3.05) is 5.32 Å². The highest BCUT2D eigenvalue weighted by molar-refractivity contribution is 5.90. The molecule has 0 aromatic heterocycles. The van der Waals surface area contributed by atoms with E-state index in [2.05, 4.69) is 5.32 Å². The molecule has 2 amide bonds. The van der Waals surface area contributed by atoms with Gasteiger partial charge >= 0.3 is 6.03 Å². The Bertz CT molecular complexity index is 519. The van der Waals surface area contributed by atoms with Crippen LogP contribution in [0.1, 0.15) is 5.56 Å². The van der Waals surface area contributed by atoms with Gasteiger partial charge in [0.25, 0.3) is 0 Å². The Morgan fingerprint density at radius 1 is 1.38 bits per heavy atom. The van der Waals surface area contributed by atoms with E-state index in [4.69, 9.17) is 5.73 Å². The van der Waals surface area contributed by atoms with Crippen molar-refractivity contribution >= 4 is 17.3 Å². The molecule has 80 valence electrons. The first-order valence-corrected chi connectivity index (χ1v) is 5.09. The van der Waals surface area contributed by atoms with Gasteiger partial charge in [-0.05, 0) is 12.1 Å². The molecule has 2 aliphatic rings. The first kappa shape index (κ1) is 9.03. The molecule has 1 aromatic carbocycles. The van der Waals surface area contributed by atoms with Crippen LogP contribution in [-0.4, -0.2) is 17.0 Å². The summed E-state index contributed by atoms with van der Waals surface area (Å²) in [5.41, 5.74) is 8.54. The quantitative estimate of drug-likeness (QED) is 0.689. The molecular formula is C12H11N3O. The number of hydrogen-bond donors (Lipinski definition) is 2. The van der Waals surface area contributed by atoms with Crippen LogP contribution in [0.3, 0.4) is 0 Å². The number of benzene rings is 1. The molecule has 4 nitrogen and oxygen atoms in total. The van der Waals surface area contributed by atoms with Crippen LogP contribution in [0.25, 0.3) is 5.57 Å². The topological polar surface area (TPSA) is 58.4 Å². The van der Waals surface area contributed by atoms with E-state index in [0.29, 0.717) is 0 Å². The van der Waals surface area contributed by atoms with Crippen LogP contribution < -0.4 is 11.1 Å². The maximum Gasteiger partial charge on any atom is 0.322 e. The molecule has 0 saturated carbocycles. The molecule has 3 rings (SSSR count). The van der Waals surface area contributed by atoms with Gasteiger partial charge in [-0.1, -0.05) is 18.2 Å². The average molecular weight is 213 g/mol. The van der Waals surface area contributed by atoms with Crippen molar-refractivity contribution in [2.45, 2.75) is 6.04 Å². The van der Waals surface area contributed by atoms with Gasteiger partial charge in [-0.2, -0.15) is 0 Å². The molecule has 1 aromatic rings. The lowest BCUT2D eigenvalue weighted by molar-refractivity contribution is 0.235. The van der Waals surface area contributed by atoms with E-state index in [0.717, 1.165) is 16.8 Å². The minimum Gasteiger partial charge on any atom is -0.374 e. The molecule has 2 aliphatic heterocycles. The van der Waals surface area contributed by atoms with E-state index in [1.807, 2.05) is 30.3 Å². The molecule has 0 bridgehead atoms. The van der Waals surface area contributed by atoms with Gasteiger partial charge < -0.3 is 11.1 Å². The van der Waals surface area contributed by atoms with Crippen LogP contribution in [0.5, 0.6) is 0 Å². The number of urea groups is 1. The second kappa shape index (κ2) is 3.13. The molecule has 16 heavy (non-hydrogen) atoms. The monoisotopic (exact) mass is 213 g/mol. The van der Waals surface area contributed by atoms with E-state index in [-0.39, 0.29) is 6.04 Å². The SMILES string of the molecule is NC(=O)N1C=CC2Nc3ccccc3C2=C1. The van der Waals surface area contributed by atoms with Gasteiger partial charge in [0.2, 0.25) is 0 Å². The predicted octanol–water partition coefficient (Wildman–Crippen LogP) is 1.73. The highest BCUT2D eigenvalue weighted by atomic mass is 16.2. The molecule has 1 atom stereocenters. The minimum atomic E-state index is -0.466. The van der Waals surface area contributed by atoms with E-state index in [1.54, 1.807) is 12.4 Å². The summed E-state index contributed by atoms with van der Waals surface area (Å²) in [6.45, 7) is 0. The molecule has 4 heteroatoms. The van der Waals surface area contributed by atoms with Crippen LogP contribution in [-0.2, 0) is 0 Å². The fourth-order valence-electron chi connectivity index (χ4n) is 2.08. The van der Waals surface area contributed by atoms with E-state index < -0.39 is 6.03 Å². The second-order valence-electron chi connectivity index (χ2n) is 3.84. The lowest BCUT2D eigenvalue weighted by Gasteiger charge is -2.20. The summed E-state index contributed by atoms with van der Waals surface area (Å²) >= 11 is 0. The smallest absolute Gasteiger partial charge is 0.322 e. The number of para-hydroxylation sites is 1. The Labute approximate surface area is 93.0 Å². The van der Waals surface area contributed by atoms with Gasteiger partial charge in [-0.3, -0.25) is 4.90 Å². The molecule has 0 saturated heterocycles. The van der Waals surface area contributed by atoms with Gasteiger partial charge in [-0.15, -0.1) is 0 Å². The summed E-state index contributed by atoms with van der Waals surface area (Å²) in [5, 5.41) is 3.36. The van der Waals surface area contributed by atoms with Gasteiger partial charge in [0.15, 0.2) is 0 Å². The third-order valence-electron chi connectivity index (χ3n) is 2.86. The summed E-state index contributed by atoms with van der Waals surface area (Å²) in [6.07, 6.45) is 5.40. The summed E-state index contributed by atoms with van der Waals surface area (Å²) in [7, 11) is 0. The first-order chi connectivity index (χ1) is 7.75. The maximum absolute atomic E-state index is 11.1. The molecule has 1 unspecified atom stereocenters. The molecule has 3 N–H and O–H groups in total. The fourth-order valence-corrected chi connectivity index (χ4v) is 2.08. The van der Waals surface area contributed by atoms with Crippen LogP contribution >= 0.6 is 0 Å². The minimum absolute atomic E-state index is 0.146. The number of primary amides is 1. The summed E-state index contributed by atoms with van der Waals surface area (Å²) in [6, 6.07) is 7.71. The largest absolute Gasteiger partial charge is 0.374 e. The predicted molar refractivity (Wildman–Crippen MR) is 62.4 cm³/mol. The zero-order valence-electron chi connectivity index (χ0n) is 8.55. The third kappa shape index (κ3) is 1.20. The standard InChI is InChI=1S/C12H11N3O/c13-12(16)15-6-5-11-9(7-15)8-3-1-2-4-10(8)14-11/h1-7,11,14H,(H2,13,16). The van der Waals surface area contributed by atoms with E-state index >= 15 is 0 Å². The average Bonchev–Trinajstić information content (AvgIpc) is 2.66. The van der Waals surface area contributed by atoms with Gasteiger partial charge in [-0.25, -0.2) is 4.79 Å². The number of nitrogens with zero attached hydrogens (tertiary/aromatic N) is 1. The maximum atomic E-state index is 11.1. The highest BCUT2D eigenvalue weighted by Crippen LogP contribution is 2.37. The van der Waals surface area contributed by atoms with Crippen LogP contribution in [0.15, 0.2) is 42.7 Å². The Morgan fingerprint density at radius 3 is 3.00 bits per heavy atom. The molecule has 0 fully saturated rings. The van der Waals surface area contributed by atoms with Crippen LogP contribution in [0.2, 0.25) is 0 Å². The van der Waals surface area contributed by atoms with Gasteiger partial charge in [0.05, 0.1) is 6.04 Å². The summed E-state index contributed by atoms with van der Waals surface area (Å²) in [4.78, 5) is 12.5.